The number of amides is 1. The van der Waals surface area contributed by atoms with Crippen molar-refractivity contribution in [2.45, 2.75) is 193 Å². The summed E-state index contributed by atoms with van der Waals surface area (Å²) >= 11 is 0. The highest BCUT2D eigenvalue weighted by atomic mass is 16.3. The van der Waals surface area contributed by atoms with Gasteiger partial charge in [-0.1, -0.05) is 164 Å². The summed E-state index contributed by atoms with van der Waals surface area (Å²) in [5.41, 5.74) is 0. The molecule has 2 atom stereocenters. The summed E-state index contributed by atoms with van der Waals surface area (Å²) in [5.74, 6) is -0.0850. The molecule has 1 amide bonds. The van der Waals surface area contributed by atoms with Gasteiger partial charge in [-0.25, -0.2) is 0 Å². The van der Waals surface area contributed by atoms with Gasteiger partial charge in [0.05, 0.1) is 18.8 Å². The van der Waals surface area contributed by atoms with E-state index >= 15 is 0 Å². The first-order chi connectivity index (χ1) is 22.7. The van der Waals surface area contributed by atoms with E-state index in [1.165, 1.54) is 109 Å². The molecular formula is C42H75NO3. The molecule has 0 saturated carbocycles. The molecule has 0 spiro atoms. The number of rotatable bonds is 34. The number of allylic oxidation sites excluding steroid dienone is 9. The highest BCUT2D eigenvalue weighted by Gasteiger charge is 2.17. The second-order valence-electron chi connectivity index (χ2n) is 13.0. The Bertz CT molecular complexity index is 782. The van der Waals surface area contributed by atoms with Crippen LogP contribution in [-0.4, -0.2) is 34.9 Å². The lowest BCUT2D eigenvalue weighted by atomic mass is 10.0. The Kier molecular flexibility index (Phi) is 36.0. The second-order valence-corrected chi connectivity index (χ2v) is 13.0. The highest BCUT2D eigenvalue weighted by Crippen LogP contribution is 2.13. The maximum absolute atomic E-state index is 12.3. The summed E-state index contributed by atoms with van der Waals surface area (Å²) in [6.07, 6.45) is 51.7. The molecule has 0 aromatic carbocycles. The number of aliphatic hydroxyl groups is 2. The molecule has 0 heterocycles. The van der Waals surface area contributed by atoms with E-state index in [-0.39, 0.29) is 12.5 Å². The zero-order chi connectivity index (χ0) is 33.6. The van der Waals surface area contributed by atoms with Gasteiger partial charge in [0.2, 0.25) is 5.91 Å². The Morgan fingerprint density at radius 1 is 0.522 bits per heavy atom. The molecule has 0 aliphatic rings. The lowest BCUT2D eigenvalue weighted by Gasteiger charge is -2.19. The van der Waals surface area contributed by atoms with Crippen molar-refractivity contribution in [1.29, 1.82) is 0 Å². The van der Waals surface area contributed by atoms with Crippen molar-refractivity contribution >= 4 is 5.91 Å². The summed E-state index contributed by atoms with van der Waals surface area (Å²) < 4.78 is 0. The predicted octanol–water partition coefficient (Wildman–Crippen LogP) is 11.8. The molecule has 266 valence electrons. The van der Waals surface area contributed by atoms with Gasteiger partial charge in [-0.15, -0.1) is 0 Å². The van der Waals surface area contributed by atoms with Crippen LogP contribution in [0.15, 0.2) is 60.8 Å². The van der Waals surface area contributed by atoms with Crippen LogP contribution in [0.5, 0.6) is 0 Å². The molecule has 46 heavy (non-hydrogen) atoms. The molecule has 0 radical (unpaired) electrons. The number of unbranched alkanes of at least 4 members (excludes halogenated alkanes) is 19. The van der Waals surface area contributed by atoms with Crippen molar-refractivity contribution in [3.05, 3.63) is 60.8 Å². The van der Waals surface area contributed by atoms with Crippen LogP contribution in [0.1, 0.15) is 181 Å². The molecule has 0 aromatic rings. The van der Waals surface area contributed by atoms with E-state index in [0.29, 0.717) is 6.42 Å². The van der Waals surface area contributed by atoms with Crippen molar-refractivity contribution in [2.24, 2.45) is 0 Å². The van der Waals surface area contributed by atoms with Gasteiger partial charge < -0.3 is 15.5 Å². The molecule has 4 nitrogen and oxygen atoms in total. The monoisotopic (exact) mass is 642 g/mol. The van der Waals surface area contributed by atoms with Crippen molar-refractivity contribution in [3.63, 3.8) is 0 Å². The summed E-state index contributed by atoms with van der Waals surface area (Å²) in [6.45, 7) is 4.19. The van der Waals surface area contributed by atoms with Crippen molar-refractivity contribution < 1.29 is 15.0 Å². The van der Waals surface area contributed by atoms with E-state index < -0.39 is 12.1 Å². The van der Waals surface area contributed by atoms with Crippen LogP contribution < -0.4 is 5.32 Å². The van der Waals surface area contributed by atoms with Gasteiger partial charge in [0.1, 0.15) is 0 Å². The summed E-state index contributed by atoms with van der Waals surface area (Å²) in [4.78, 5) is 12.3. The maximum atomic E-state index is 12.3. The first-order valence-electron chi connectivity index (χ1n) is 19.5. The summed E-state index contributed by atoms with van der Waals surface area (Å²) in [5, 5.41) is 22.8. The van der Waals surface area contributed by atoms with Crippen molar-refractivity contribution in [3.8, 4) is 0 Å². The van der Waals surface area contributed by atoms with Gasteiger partial charge in [0.15, 0.2) is 0 Å². The van der Waals surface area contributed by atoms with Crippen LogP contribution in [0.2, 0.25) is 0 Å². The Morgan fingerprint density at radius 3 is 1.46 bits per heavy atom. The standard InChI is InChI=1S/C42H75NO3/c1-3-5-7-9-11-13-15-16-17-18-19-20-21-22-23-24-25-26-28-30-32-34-36-38-42(46)43-40(39-44)41(45)37-35-33-31-29-27-14-12-10-8-6-4-2/h8,10,15-16,18-19,27,29,35,37,40-41,44-45H,3-7,9,11-14,17,20-26,28,30-34,36,38-39H2,1-2H3,(H,43,46)/b10-8+,16-15-,19-18-,29-27+,37-35+. The first-order valence-corrected chi connectivity index (χ1v) is 19.5. The van der Waals surface area contributed by atoms with Crippen molar-refractivity contribution in [2.75, 3.05) is 6.61 Å². The van der Waals surface area contributed by atoms with Crippen LogP contribution in [-0.2, 0) is 4.79 Å². The van der Waals surface area contributed by atoms with Crippen LogP contribution in [0.3, 0.4) is 0 Å². The molecular weight excluding hydrogens is 566 g/mol. The fourth-order valence-corrected chi connectivity index (χ4v) is 5.42. The quantitative estimate of drug-likeness (QED) is 0.0483. The van der Waals surface area contributed by atoms with Gasteiger partial charge >= 0.3 is 0 Å². The van der Waals surface area contributed by atoms with Crippen LogP contribution in [0.4, 0.5) is 0 Å². The largest absolute Gasteiger partial charge is 0.394 e. The van der Waals surface area contributed by atoms with Gasteiger partial charge in [0.25, 0.3) is 0 Å². The number of hydrogen-bond acceptors (Lipinski definition) is 3. The Hall–Kier alpha value is -1.91. The average Bonchev–Trinajstić information content (AvgIpc) is 3.06. The Labute approximate surface area is 286 Å². The lowest BCUT2D eigenvalue weighted by Crippen LogP contribution is -2.45. The van der Waals surface area contributed by atoms with Gasteiger partial charge in [-0.05, 0) is 70.6 Å². The number of nitrogens with one attached hydrogen (secondary N) is 1. The van der Waals surface area contributed by atoms with Gasteiger partial charge in [-0.2, -0.15) is 0 Å². The maximum Gasteiger partial charge on any atom is 0.220 e. The fraction of sp³-hybridized carbons (Fsp3) is 0.738. The zero-order valence-corrected chi connectivity index (χ0v) is 30.3. The number of carbonyl (C=O) groups is 1. The molecule has 0 aromatic heterocycles. The zero-order valence-electron chi connectivity index (χ0n) is 30.3. The lowest BCUT2D eigenvalue weighted by molar-refractivity contribution is -0.123. The SMILES string of the molecule is CCC/C=C/CC/C=C/CC/C=C/C(O)C(CO)NC(=O)CCCCCCCCCCCCC/C=C\C/C=C\CCCCCCC. The van der Waals surface area contributed by atoms with E-state index in [1.807, 2.05) is 6.08 Å². The molecule has 0 saturated heterocycles. The van der Waals surface area contributed by atoms with Gasteiger partial charge in [0, 0.05) is 6.42 Å². The second kappa shape index (κ2) is 37.5. The first kappa shape index (κ1) is 44.1. The van der Waals surface area contributed by atoms with Crippen molar-refractivity contribution in [1.82, 2.24) is 5.32 Å². The Balaban J connectivity index is 3.61. The van der Waals surface area contributed by atoms with Crippen LogP contribution >= 0.6 is 0 Å². The summed E-state index contributed by atoms with van der Waals surface area (Å²) in [6, 6.07) is -0.646. The smallest absolute Gasteiger partial charge is 0.220 e. The van der Waals surface area contributed by atoms with E-state index in [9.17, 15) is 15.0 Å². The fourth-order valence-electron chi connectivity index (χ4n) is 5.42. The molecule has 4 heteroatoms. The normalized spacial score (nSPS) is 13.7. The third-order valence-electron chi connectivity index (χ3n) is 8.43. The number of carbonyl (C=O) groups excluding carboxylic acids is 1. The van der Waals surface area contributed by atoms with Crippen LogP contribution in [0, 0.1) is 0 Å². The van der Waals surface area contributed by atoms with E-state index in [0.717, 1.165) is 51.4 Å². The highest BCUT2D eigenvalue weighted by molar-refractivity contribution is 5.76. The Morgan fingerprint density at radius 2 is 0.957 bits per heavy atom. The topological polar surface area (TPSA) is 69.6 Å². The molecule has 0 bridgehead atoms. The molecule has 0 rings (SSSR count). The summed E-state index contributed by atoms with van der Waals surface area (Å²) in [7, 11) is 0. The van der Waals surface area contributed by atoms with E-state index in [1.54, 1.807) is 6.08 Å². The minimum atomic E-state index is -0.870. The van der Waals surface area contributed by atoms with E-state index in [2.05, 4.69) is 67.8 Å². The number of aliphatic hydroxyl groups excluding tert-OH is 2. The third-order valence-corrected chi connectivity index (χ3v) is 8.43. The average molecular weight is 642 g/mol. The van der Waals surface area contributed by atoms with E-state index in [4.69, 9.17) is 0 Å². The van der Waals surface area contributed by atoms with Gasteiger partial charge in [-0.3, -0.25) is 4.79 Å². The predicted molar refractivity (Wildman–Crippen MR) is 202 cm³/mol. The molecule has 3 N–H and O–H groups in total. The molecule has 2 unspecified atom stereocenters. The third kappa shape index (κ3) is 33.5. The minimum Gasteiger partial charge on any atom is -0.394 e. The molecule has 0 aliphatic carbocycles. The molecule has 0 fully saturated rings. The number of hydrogen-bond donors (Lipinski definition) is 3. The van der Waals surface area contributed by atoms with Crippen LogP contribution in [0.25, 0.3) is 0 Å². The molecule has 0 aliphatic heterocycles. The minimum absolute atomic E-state index is 0.0850.